The van der Waals surface area contributed by atoms with Crippen molar-refractivity contribution in [3.63, 3.8) is 0 Å². The standard InChI is InChI=1S/C13H9N3/c1-2-9-4-3-5-10-7-16-8-11(13(9)10)12(15)6-14/h1,3-5,7-8,12H,15H2. The van der Waals surface area contributed by atoms with Crippen molar-refractivity contribution in [1.29, 1.82) is 5.26 Å². The van der Waals surface area contributed by atoms with E-state index in [1.807, 2.05) is 24.3 Å². The van der Waals surface area contributed by atoms with E-state index in [1.165, 1.54) is 0 Å². The van der Waals surface area contributed by atoms with E-state index >= 15 is 0 Å². The molecule has 0 fully saturated rings. The van der Waals surface area contributed by atoms with Crippen LogP contribution in [-0.2, 0) is 0 Å². The second-order valence-electron chi connectivity index (χ2n) is 3.38. The molecule has 3 nitrogen and oxygen atoms in total. The first kappa shape index (κ1) is 10.2. The van der Waals surface area contributed by atoms with E-state index < -0.39 is 6.04 Å². The monoisotopic (exact) mass is 207 g/mol. The number of aromatic nitrogens is 1. The van der Waals surface area contributed by atoms with E-state index in [1.54, 1.807) is 12.4 Å². The molecule has 2 N–H and O–H groups in total. The van der Waals surface area contributed by atoms with E-state index in [4.69, 9.17) is 17.4 Å². The van der Waals surface area contributed by atoms with E-state index in [0.29, 0.717) is 5.56 Å². The van der Waals surface area contributed by atoms with Gasteiger partial charge < -0.3 is 5.73 Å². The van der Waals surface area contributed by atoms with Gasteiger partial charge in [0.2, 0.25) is 0 Å². The molecule has 1 aromatic carbocycles. The highest BCUT2D eigenvalue weighted by Crippen LogP contribution is 2.24. The second-order valence-corrected chi connectivity index (χ2v) is 3.38. The molecular weight excluding hydrogens is 198 g/mol. The van der Waals surface area contributed by atoms with Gasteiger partial charge in [0.15, 0.2) is 0 Å². The van der Waals surface area contributed by atoms with E-state index in [9.17, 15) is 0 Å². The lowest BCUT2D eigenvalue weighted by Crippen LogP contribution is -2.08. The number of nitriles is 1. The molecule has 0 radical (unpaired) electrons. The maximum Gasteiger partial charge on any atom is 0.121 e. The summed E-state index contributed by atoms with van der Waals surface area (Å²) in [6.45, 7) is 0. The number of pyridine rings is 1. The highest BCUT2D eigenvalue weighted by Gasteiger charge is 2.11. The van der Waals surface area contributed by atoms with E-state index in [0.717, 1.165) is 16.3 Å². The van der Waals surface area contributed by atoms with Gasteiger partial charge in [0.05, 0.1) is 6.07 Å². The van der Waals surface area contributed by atoms with Gasteiger partial charge >= 0.3 is 0 Å². The zero-order valence-electron chi connectivity index (χ0n) is 8.51. The maximum absolute atomic E-state index is 8.86. The van der Waals surface area contributed by atoms with Crippen LogP contribution in [0.4, 0.5) is 0 Å². The van der Waals surface area contributed by atoms with Crippen LogP contribution in [-0.4, -0.2) is 4.98 Å². The summed E-state index contributed by atoms with van der Waals surface area (Å²) in [6, 6.07) is 6.88. The van der Waals surface area contributed by atoms with Gasteiger partial charge in [0.25, 0.3) is 0 Å². The zero-order chi connectivity index (χ0) is 11.5. The Morgan fingerprint density at radius 3 is 2.88 bits per heavy atom. The number of terminal acetylenes is 1. The normalized spacial score (nSPS) is 11.7. The average molecular weight is 207 g/mol. The molecule has 0 aliphatic carbocycles. The number of hydrogen-bond donors (Lipinski definition) is 1. The van der Waals surface area contributed by atoms with Gasteiger partial charge in [-0.3, -0.25) is 4.98 Å². The molecule has 3 heteroatoms. The van der Waals surface area contributed by atoms with Crippen LogP contribution in [0.1, 0.15) is 17.2 Å². The summed E-state index contributed by atoms with van der Waals surface area (Å²) in [4.78, 5) is 4.06. The molecule has 1 atom stereocenters. The second kappa shape index (κ2) is 4.02. The van der Waals surface area contributed by atoms with Crippen LogP contribution in [0, 0.1) is 23.7 Å². The number of fused-ring (bicyclic) bond motifs is 1. The Kier molecular flexibility index (Phi) is 2.55. The lowest BCUT2D eigenvalue weighted by Gasteiger charge is -2.08. The van der Waals surface area contributed by atoms with Gasteiger partial charge in [-0.2, -0.15) is 5.26 Å². The first-order valence-corrected chi connectivity index (χ1v) is 4.76. The molecule has 0 amide bonds. The molecule has 2 rings (SSSR count). The molecule has 0 bridgehead atoms. The lowest BCUT2D eigenvalue weighted by molar-refractivity contribution is 0.927. The highest BCUT2D eigenvalue weighted by molar-refractivity contribution is 5.90. The maximum atomic E-state index is 8.86. The SMILES string of the molecule is C#Cc1cccc2cncc(C(N)C#N)c12. The fourth-order valence-corrected chi connectivity index (χ4v) is 1.69. The molecule has 0 saturated carbocycles. The van der Waals surface area contributed by atoms with Crippen LogP contribution in [0.5, 0.6) is 0 Å². The average Bonchev–Trinajstić information content (AvgIpc) is 2.36. The third-order valence-corrected chi connectivity index (χ3v) is 2.44. The predicted molar refractivity (Wildman–Crippen MR) is 62.2 cm³/mol. The van der Waals surface area contributed by atoms with Gasteiger partial charge in [0.1, 0.15) is 6.04 Å². The first-order chi connectivity index (χ1) is 7.77. The molecule has 76 valence electrons. The van der Waals surface area contributed by atoms with Crippen molar-refractivity contribution < 1.29 is 0 Å². The highest BCUT2D eigenvalue weighted by atomic mass is 14.7. The first-order valence-electron chi connectivity index (χ1n) is 4.76. The minimum absolute atomic E-state index is 0.675. The van der Waals surface area contributed by atoms with Crippen molar-refractivity contribution in [1.82, 2.24) is 4.98 Å². The molecule has 16 heavy (non-hydrogen) atoms. The molecule has 1 heterocycles. The summed E-state index contributed by atoms with van der Waals surface area (Å²) in [6.07, 6.45) is 8.74. The van der Waals surface area contributed by atoms with Crippen LogP contribution in [0.3, 0.4) is 0 Å². The fourth-order valence-electron chi connectivity index (χ4n) is 1.69. The van der Waals surface area contributed by atoms with Crippen LogP contribution in [0.15, 0.2) is 30.6 Å². The Morgan fingerprint density at radius 1 is 1.38 bits per heavy atom. The van der Waals surface area contributed by atoms with Crippen molar-refractivity contribution in [2.75, 3.05) is 0 Å². The Balaban J connectivity index is 2.86. The van der Waals surface area contributed by atoms with Gasteiger partial charge in [-0.25, -0.2) is 0 Å². The minimum Gasteiger partial charge on any atom is -0.312 e. The topological polar surface area (TPSA) is 62.7 Å². The Hall–Kier alpha value is -2.36. The van der Waals surface area contributed by atoms with Gasteiger partial charge in [-0.1, -0.05) is 18.1 Å². The van der Waals surface area contributed by atoms with Crippen molar-refractivity contribution in [2.24, 2.45) is 5.73 Å². The Labute approximate surface area is 93.5 Å². The van der Waals surface area contributed by atoms with Crippen LogP contribution in [0.2, 0.25) is 0 Å². The van der Waals surface area contributed by atoms with Crippen LogP contribution >= 0.6 is 0 Å². The van der Waals surface area contributed by atoms with Crippen LogP contribution in [0.25, 0.3) is 10.8 Å². The summed E-state index contributed by atoms with van der Waals surface area (Å²) in [5, 5.41) is 10.6. The number of rotatable bonds is 1. The van der Waals surface area contributed by atoms with E-state index in [2.05, 4.69) is 10.9 Å². The zero-order valence-corrected chi connectivity index (χ0v) is 8.51. The Bertz CT molecular complexity index is 612. The van der Waals surface area contributed by atoms with Gasteiger partial charge in [-0.05, 0) is 6.07 Å². The van der Waals surface area contributed by atoms with Crippen molar-refractivity contribution in [3.8, 4) is 18.4 Å². The summed E-state index contributed by atoms with van der Waals surface area (Å²) < 4.78 is 0. The lowest BCUT2D eigenvalue weighted by atomic mass is 9.98. The summed E-state index contributed by atoms with van der Waals surface area (Å²) >= 11 is 0. The van der Waals surface area contributed by atoms with Gasteiger partial charge in [0, 0.05) is 34.3 Å². The van der Waals surface area contributed by atoms with Gasteiger partial charge in [-0.15, -0.1) is 6.42 Å². The number of benzene rings is 1. The summed E-state index contributed by atoms with van der Waals surface area (Å²) in [7, 11) is 0. The van der Waals surface area contributed by atoms with E-state index in [-0.39, 0.29) is 0 Å². The number of nitrogens with two attached hydrogens (primary N) is 1. The molecule has 0 spiro atoms. The molecule has 0 aliphatic rings. The third-order valence-electron chi connectivity index (χ3n) is 2.44. The quantitative estimate of drug-likeness (QED) is 0.724. The van der Waals surface area contributed by atoms with Crippen molar-refractivity contribution in [3.05, 3.63) is 41.7 Å². The summed E-state index contributed by atoms with van der Waals surface area (Å²) in [5.41, 5.74) is 7.13. The smallest absolute Gasteiger partial charge is 0.121 e. The van der Waals surface area contributed by atoms with Crippen molar-refractivity contribution in [2.45, 2.75) is 6.04 Å². The molecular formula is C13H9N3. The fraction of sp³-hybridized carbons (Fsp3) is 0.0769. The molecule has 1 aromatic heterocycles. The number of hydrogen-bond acceptors (Lipinski definition) is 3. The van der Waals surface area contributed by atoms with Crippen molar-refractivity contribution >= 4 is 10.8 Å². The number of nitrogens with zero attached hydrogens (tertiary/aromatic N) is 2. The predicted octanol–water partition coefficient (Wildman–Crippen LogP) is 1.74. The summed E-state index contributed by atoms with van der Waals surface area (Å²) in [5.74, 6) is 2.60. The molecule has 0 aliphatic heterocycles. The van der Waals surface area contributed by atoms with Crippen LogP contribution < -0.4 is 5.73 Å². The minimum atomic E-state index is -0.703. The molecule has 0 saturated heterocycles. The third kappa shape index (κ3) is 1.50. The Morgan fingerprint density at radius 2 is 2.19 bits per heavy atom. The molecule has 2 aromatic rings. The molecule has 1 unspecified atom stereocenters. The largest absolute Gasteiger partial charge is 0.312 e.